The van der Waals surface area contributed by atoms with Crippen LogP contribution in [0, 0.1) is 12.7 Å². The summed E-state index contributed by atoms with van der Waals surface area (Å²) in [5.41, 5.74) is 4.92. The van der Waals surface area contributed by atoms with Gasteiger partial charge < -0.3 is 14.8 Å². The summed E-state index contributed by atoms with van der Waals surface area (Å²) in [6.45, 7) is 5.90. The Morgan fingerprint density at radius 3 is 2.34 bits per heavy atom. The second kappa shape index (κ2) is 9.17. The van der Waals surface area contributed by atoms with Crippen LogP contribution in [0.15, 0.2) is 29.6 Å². The van der Waals surface area contributed by atoms with Crippen molar-refractivity contribution >= 4 is 33.2 Å². The largest absolute Gasteiger partial charge is 0.371 e. The second-order valence-corrected chi connectivity index (χ2v) is 10.2. The summed E-state index contributed by atoms with van der Waals surface area (Å²) in [4.78, 5) is 16.6. The van der Waals surface area contributed by atoms with Crippen molar-refractivity contribution in [2.75, 3.05) is 36.0 Å². The molecule has 5 rings (SSSR count). The number of imidazole rings is 1. The molecule has 1 N–H and O–H groups in total. The summed E-state index contributed by atoms with van der Waals surface area (Å²) < 4.78 is 27.9. The number of rotatable bonds is 5. The van der Waals surface area contributed by atoms with E-state index >= 15 is 0 Å². The molecule has 32 heavy (non-hydrogen) atoms. The summed E-state index contributed by atoms with van der Waals surface area (Å²) in [6.07, 6.45) is 8.85. The van der Waals surface area contributed by atoms with Crippen LogP contribution >= 0.6 is 0 Å². The molecule has 1 aromatic carbocycles. The zero-order chi connectivity index (χ0) is 22.1. The Balaban J connectivity index is 1.38. The van der Waals surface area contributed by atoms with Gasteiger partial charge in [-0.2, -0.15) is 0 Å². The number of aromatic amines is 1. The third kappa shape index (κ3) is 4.25. The van der Waals surface area contributed by atoms with Crippen molar-refractivity contribution in [2.45, 2.75) is 56.4 Å². The zero-order valence-corrected chi connectivity index (χ0v) is 19.4. The zero-order valence-electron chi connectivity index (χ0n) is 18.6. The molecule has 2 fully saturated rings. The number of piperidine rings is 2. The first-order valence-electron chi connectivity index (χ1n) is 11.6. The number of H-pyrrole nitrogens is 1. The van der Waals surface area contributed by atoms with Crippen molar-refractivity contribution in [3.8, 4) is 0 Å². The summed E-state index contributed by atoms with van der Waals surface area (Å²) >= 11 is 0. The number of nitrogens with one attached hydrogen (secondary N) is 1. The summed E-state index contributed by atoms with van der Waals surface area (Å²) in [5, 5.41) is 0.375. The highest BCUT2D eigenvalue weighted by atomic mass is 32.2. The van der Waals surface area contributed by atoms with E-state index in [9.17, 15) is 8.60 Å². The molecule has 1 atom stereocenters. The number of halogens is 1. The van der Waals surface area contributed by atoms with Gasteiger partial charge >= 0.3 is 0 Å². The molecule has 0 radical (unpaired) electrons. The molecule has 2 aliphatic heterocycles. The van der Waals surface area contributed by atoms with Crippen LogP contribution in [0.2, 0.25) is 0 Å². The fraction of sp³-hybridized carbons (Fsp3) is 0.500. The Labute approximate surface area is 190 Å². The van der Waals surface area contributed by atoms with Gasteiger partial charge in [0.2, 0.25) is 0 Å². The van der Waals surface area contributed by atoms with E-state index in [1.54, 1.807) is 6.07 Å². The second-order valence-electron chi connectivity index (χ2n) is 8.85. The average Bonchev–Trinajstić information content (AvgIpc) is 3.24. The molecule has 0 saturated carbocycles. The highest BCUT2D eigenvalue weighted by Gasteiger charge is 2.20. The lowest BCUT2D eigenvalue weighted by molar-refractivity contribution is 0.557. The molecule has 3 aromatic rings. The Bertz CT molecular complexity index is 1130. The Kier molecular flexibility index (Phi) is 6.13. The van der Waals surface area contributed by atoms with Crippen LogP contribution in [-0.4, -0.2) is 45.3 Å². The van der Waals surface area contributed by atoms with Crippen LogP contribution in [0.25, 0.3) is 11.0 Å². The van der Waals surface area contributed by atoms with Crippen LogP contribution in [0.4, 0.5) is 15.8 Å². The standard InChI is InChI=1S/C24H30FN5OS/c1-17-21(26-9-8-22(17)29-10-4-2-5-11-29)16-32(31)24-27-19-14-18(25)23(15-20(19)28-24)30-12-6-3-7-13-30/h8-9,14-15H,2-7,10-13,16H2,1H3,(H,27,28). The molecule has 2 aliphatic rings. The van der Waals surface area contributed by atoms with Crippen LogP contribution in [0.5, 0.6) is 0 Å². The van der Waals surface area contributed by atoms with Crippen LogP contribution < -0.4 is 9.80 Å². The summed E-state index contributed by atoms with van der Waals surface area (Å²) in [6, 6.07) is 5.32. The lowest BCUT2D eigenvalue weighted by Crippen LogP contribution is -2.30. The number of benzene rings is 1. The van der Waals surface area contributed by atoms with Gasteiger partial charge in [-0.25, -0.2) is 9.37 Å². The molecule has 4 heterocycles. The molecule has 8 heteroatoms. The molecule has 0 amide bonds. The molecule has 6 nitrogen and oxygen atoms in total. The van der Waals surface area contributed by atoms with E-state index in [2.05, 4.69) is 37.7 Å². The molecule has 0 aliphatic carbocycles. The van der Waals surface area contributed by atoms with E-state index < -0.39 is 10.8 Å². The molecule has 0 bridgehead atoms. The third-order valence-corrected chi connectivity index (χ3v) is 7.85. The van der Waals surface area contributed by atoms with Crippen molar-refractivity contribution < 1.29 is 8.60 Å². The van der Waals surface area contributed by atoms with Crippen molar-refractivity contribution in [3.05, 3.63) is 41.5 Å². The Morgan fingerprint density at radius 1 is 1.00 bits per heavy atom. The van der Waals surface area contributed by atoms with Crippen LogP contribution in [0.1, 0.15) is 49.8 Å². The number of pyridine rings is 1. The summed E-state index contributed by atoms with van der Waals surface area (Å²) in [7, 11) is -1.39. The number of hydrogen-bond acceptors (Lipinski definition) is 5. The minimum absolute atomic E-state index is 0.257. The predicted molar refractivity (Wildman–Crippen MR) is 127 cm³/mol. The van der Waals surface area contributed by atoms with Crippen LogP contribution in [-0.2, 0) is 16.6 Å². The molecule has 1 unspecified atom stereocenters. The number of anilines is 2. The fourth-order valence-corrected chi connectivity index (χ4v) is 5.96. The first-order valence-corrected chi connectivity index (χ1v) is 12.9. The number of aromatic nitrogens is 3. The molecular weight excluding hydrogens is 425 g/mol. The third-order valence-electron chi connectivity index (χ3n) is 6.69. The van der Waals surface area contributed by atoms with E-state index in [0.29, 0.717) is 21.9 Å². The molecule has 170 valence electrons. The van der Waals surface area contributed by atoms with Crippen molar-refractivity contribution in [2.24, 2.45) is 0 Å². The molecule has 2 aromatic heterocycles. The Morgan fingerprint density at radius 2 is 1.66 bits per heavy atom. The summed E-state index contributed by atoms with van der Waals surface area (Å²) in [5.74, 6) is 0.0292. The first-order chi connectivity index (χ1) is 15.6. The van der Waals surface area contributed by atoms with Crippen LogP contribution in [0.3, 0.4) is 0 Å². The highest BCUT2D eigenvalue weighted by molar-refractivity contribution is 7.84. The lowest BCUT2D eigenvalue weighted by atomic mass is 10.1. The van der Waals surface area contributed by atoms with Gasteiger partial charge in [-0.05, 0) is 63.1 Å². The van der Waals surface area contributed by atoms with E-state index in [4.69, 9.17) is 0 Å². The first kappa shape index (κ1) is 21.4. The molecule has 2 saturated heterocycles. The van der Waals surface area contributed by atoms with Gasteiger partial charge in [-0.15, -0.1) is 0 Å². The van der Waals surface area contributed by atoms with Crippen molar-refractivity contribution in [1.29, 1.82) is 0 Å². The maximum Gasteiger partial charge on any atom is 0.197 e. The quantitative estimate of drug-likeness (QED) is 0.604. The van der Waals surface area contributed by atoms with Crippen molar-refractivity contribution in [1.82, 2.24) is 15.0 Å². The minimum Gasteiger partial charge on any atom is -0.371 e. The van der Waals surface area contributed by atoms with Gasteiger partial charge in [0.25, 0.3) is 0 Å². The van der Waals surface area contributed by atoms with Gasteiger partial charge in [-0.1, -0.05) is 0 Å². The normalized spacial score (nSPS) is 18.3. The fourth-order valence-electron chi connectivity index (χ4n) is 4.86. The average molecular weight is 456 g/mol. The minimum atomic E-state index is -1.39. The van der Waals surface area contributed by atoms with E-state index in [1.165, 1.54) is 37.4 Å². The van der Waals surface area contributed by atoms with E-state index in [1.807, 2.05) is 6.20 Å². The van der Waals surface area contributed by atoms with Gasteiger partial charge in [-0.3, -0.25) is 9.19 Å². The van der Waals surface area contributed by atoms with Gasteiger partial charge in [0, 0.05) is 44.1 Å². The monoisotopic (exact) mass is 455 g/mol. The number of hydrogen-bond donors (Lipinski definition) is 1. The highest BCUT2D eigenvalue weighted by Crippen LogP contribution is 2.29. The smallest absolute Gasteiger partial charge is 0.197 e. The molecule has 0 spiro atoms. The lowest BCUT2D eigenvalue weighted by Gasteiger charge is -2.30. The Hall–Kier alpha value is -2.48. The topological polar surface area (TPSA) is 65.1 Å². The molecular formula is C24H30FN5OS. The van der Waals surface area contributed by atoms with Gasteiger partial charge in [0.1, 0.15) is 5.82 Å². The van der Waals surface area contributed by atoms with Gasteiger partial charge in [0.15, 0.2) is 5.16 Å². The number of fused-ring (bicyclic) bond motifs is 1. The van der Waals surface area contributed by atoms with Crippen molar-refractivity contribution in [3.63, 3.8) is 0 Å². The SMILES string of the molecule is Cc1c(N2CCCCC2)ccnc1CS(=O)c1nc2cc(N3CCCCC3)c(F)cc2[nH]1. The van der Waals surface area contributed by atoms with E-state index in [-0.39, 0.29) is 11.6 Å². The van der Waals surface area contributed by atoms with Gasteiger partial charge in [0.05, 0.1) is 39.0 Å². The number of nitrogens with zero attached hydrogens (tertiary/aromatic N) is 4. The predicted octanol–water partition coefficient (Wildman–Crippen LogP) is 4.69. The maximum atomic E-state index is 14.8. The van der Waals surface area contributed by atoms with E-state index in [0.717, 1.165) is 50.3 Å². The maximum absolute atomic E-state index is 14.8.